The molecule has 1 aliphatic rings. The van der Waals surface area contributed by atoms with Crippen molar-refractivity contribution in [3.63, 3.8) is 0 Å². The number of halogens is 4. The minimum atomic E-state index is -2.17. The number of aromatic hydroxyl groups is 1. The van der Waals surface area contributed by atoms with Gasteiger partial charge in [0.05, 0.1) is 11.6 Å². The molecule has 4 N–H and O–H groups in total. The maximum atomic E-state index is 12.2. The summed E-state index contributed by atoms with van der Waals surface area (Å²) >= 11 is 11.7. The highest BCUT2D eigenvalue weighted by atomic mass is 35.5. The number of carbonyl (C=O) groups excluding carboxylic acids is 1. The second kappa shape index (κ2) is 17.6. The van der Waals surface area contributed by atoms with E-state index in [1.165, 1.54) is 0 Å². The minimum Gasteiger partial charge on any atom is -0.506 e. The number of allylic oxidation sites excluding steroid dienone is 2. The number of aromatic amines is 1. The van der Waals surface area contributed by atoms with E-state index in [0.29, 0.717) is 23.1 Å². The van der Waals surface area contributed by atoms with Gasteiger partial charge in [0.15, 0.2) is 0 Å². The fraction of sp³-hybridized carbons (Fsp3) is 0.409. The molecule has 0 unspecified atom stereocenters. The quantitative estimate of drug-likeness (QED) is 0.436. The fourth-order valence-electron chi connectivity index (χ4n) is 2.57. The molecule has 2 heterocycles. The third-order valence-corrected chi connectivity index (χ3v) is 4.96. The summed E-state index contributed by atoms with van der Waals surface area (Å²) < 4.78 is 20.7. The van der Waals surface area contributed by atoms with Gasteiger partial charge in [-0.2, -0.15) is 5.10 Å². The number of phenolic OH excluding ortho intramolecular Hbond substituents is 1. The predicted octanol–water partition coefficient (Wildman–Crippen LogP) is 4.72. The predicted molar refractivity (Wildman–Crippen MR) is 134 cm³/mol. The lowest BCUT2D eigenvalue weighted by Crippen LogP contribution is -2.50. The highest BCUT2D eigenvalue weighted by Gasteiger charge is 2.21. The Balaban J connectivity index is 0.000000820. The summed E-state index contributed by atoms with van der Waals surface area (Å²) in [6, 6.07) is 7.04. The molecule has 1 aromatic carbocycles. The van der Waals surface area contributed by atoms with Crippen LogP contribution in [-0.2, 0) is 4.79 Å². The molecule has 1 fully saturated rings. The molecule has 0 radical (unpaired) electrons. The zero-order chi connectivity index (χ0) is 26.1. The summed E-state index contributed by atoms with van der Waals surface area (Å²) in [5, 5.41) is 25.4. The monoisotopic (exact) mass is 520 g/mol. The minimum absolute atomic E-state index is 0.0564. The average Bonchev–Trinajstić information content (AvgIpc) is 3.40. The number of benzene rings is 1. The molecule has 0 spiro atoms. The molecule has 1 saturated heterocycles. The number of aromatic nitrogens is 2. The number of hydrogen-bond acceptors (Lipinski definition) is 6. The highest BCUT2D eigenvalue weighted by Crippen LogP contribution is 2.28. The summed E-state index contributed by atoms with van der Waals surface area (Å²) in [6.07, 6.45) is 1.29. The van der Waals surface area contributed by atoms with E-state index >= 15 is 0 Å². The van der Waals surface area contributed by atoms with Crippen molar-refractivity contribution in [2.24, 2.45) is 0 Å². The number of piperazine rings is 1. The van der Waals surface area contributed by atoms with E-state index < -0.39 is 6.43 Å². The van der Waals surface area contributed by atoms with Crippen molar-refractivity contribution in [2.75, 3.05) is 37.6 Å². The first-order chi connectivity index (χ1) is 16.1. The smallest absolute Gasteiger partial charge is 0.241 e. The Hall–Kier alpha value is -2.85. The van der Waals surface area contributed by atoms with E-state index in [9.17, 15) is 18.7 Å². The zero-order valence-electron chi connectivity index (χ0n) is 19.5. The third kappa shape index (κ3) is 13.0. The molecule has 0 aliphatic carbocycles. The van der Waals surface area contributed by atoms with Crippen molar-refractivity contribution in [2.45, 2.75) is 27.2 Å². The van der Waals surface area contributed by atoms with Crippen LogP contribution in [0.4, 0.5) is 14.5 Å². The summed E-state index contributed by atoms with van der Waals surface area (Å²) in [5.74, 6) is 0.131. The molecule has 1 aliphatic heterocycles. The van der Waals surface area contributed by atoms with E-state index in [4.69, 9.17) is 28.6 Å². The van der Waals surface area contributed by atoms with E-state index in [1.54, 1.807) is 31.5 Å². The summed E-state index contributed by atoms with van der Waals surface area (Å²) in [5.41, 5.74) is 1.73. The molecule has 2 aromatic rings. The number of nitrogens with zero attached hydrogens (tertiary/aromatic N) is 3. The van der Waals surface area contributed by atoms with Gasteiger partial charge in [0.2, 0.25) is 12.3 Å². The first-order valence-corrected chi connectivity index (χ1v) is 11.0. The Morgan fingerprint density at radius 1 is 1.29 bits per heavy atom. The van der Waals surface area contributed by atoms with Gasteiger partial charge in [-0.05, 0) is 45.7 Å². The molecule has 0 bridgehead atoms. The second-order valence-corrected chi connectivity index (χ2v) is 7.78. The van der Waals surface area contributed by atoms with Crippen molar-refractivity contribution in [1.82, 2.24) is 20.4 Å². The number of anilines is 1. The molecule has 12 heteroatoms. The Morgan fingerprint density at radius 3 is 2.29 bits per heavy atom. The van der Waals surface area contributed by atoms with Gasteiger partial charge in [-0.15, -0.1) is 0 Å². The molecule has 190 valence electrons. The average molecular weight is 521 g/mol. The van der Waals surface area contributed by atoms with Gasteiger partial charge in [-0.25, -0.2) is 8.78 Å². The van der Waals surface area contributed by atoms with Crippen LogP contribution in [0, 0.1) is 5.41 Å². The second-order valence-electron chi connectivity index (χ2n) is 6.80. The van der Waals surface area contributed by atoms with Gasteiger partial charge in [0, 0.05) is 61.1 Å². The van der Waals surface area contributed by atoms with Crippen LogP contribution in [0.3, 0.4) is 0 Å². The first-order valence-electron chi connectivity index (χ1n) is 10.3. The van der Waals surface area contributed by atoms with Gasteiger partial charge in [0.1, 0.15) is 5.75 Å². The van der Waals surface area contributed by atoms with Crippen LogP contribution in [0.2, 0.25) is 5.02 Å². The number of carbonyl (C=O) groups is 1. The van der Waals surface area contributed by atoms with Crippen LogP contribution in [0.25, 0.3) is 0 Å². The van der Waals surface area contributed by atoms with E-state index in [2.05, 4.69) is 27.1 Å². The standard InChI is InChI=1S/C16H21Cl2N3O2.C3H4N2.C2H4F2.CH3N/c1-11(17)12(2)19-10-16(23)21-7-5-20(6-8-21)13-3-4-14(18)15(22)9-13;1-2-4-5-3-1;1-2(3)4;1-2/h3-4,9,19,22H,5-8,10H2,1-2H3;1-3H,(H,4,5);2H,1H3;2H,1H2/b12-11+;;;. The topological polar surface area (TPSA) is 108 Å². The molecule has 0 atom stereocenters. The van der Waals surface area contributed by atoms with Crippen LogP contribution >= 0.6 is 23.2 Å². The molecule has 1 amide bonds. The molecule has 0 saturated carbocycles. The van der Waals surface area contributed by atoms with Gasteiger partial charge < -0.3 is 25.6 Å². The van der Waals surface area contributed by atoms with Crippen LogP contribution in [0.1, 0.15) is 20.8 Å². The van der Waals surface area contributed by atoms with Crippen molar-refractivity contribution in [3.05, 3.63) is 52.4 Å². The van der Waals surface area contributed by atoms with Crippen LogP contribution < -0.4 is 10.2 Å². The maximum absolute atomic E-state index is 12.2. The number of amides is 1. The van der Waals surface area contributed by atoms with Crippen molar-refractivity contribution in [3.8, 4) is 5.75 Å². The number of H-pyrrole nitrogens is 1. The zero-order valence-corrected chi connectivity index (χ0v) is 21.0. The summed E-state index contributed by atoms with van der Waals surface area (Å²) in [4.78, 5) is 16.1. The SMILES string of the molecule is C/C(Cl)=C(/C)NCC(=O)N1CCN(c2ccc(Cl)c(O)c2)CC1.C=N.CC(F)F.c1cn[nH]c1. The van der Waals surface area contributed by atoms with Crippen LogP contribution in [0.5, 0.6) is 5.75 Å². The third-order valence-electron chi connectivity index (χ3n) is 4.35. The van der Waals surface area contributed by atoms with Crippen molar-refractivity contribution >= 4 is 41.5 Å². The Kier molecular flexibility index (Phi) is 16.1. The lowest BCUT2D eigenvalue weighted by molar-refractivity contribution is -0.130. The van der Waals surface area contributed by atoms with Crippen molar-refractivity contribution in [1.29, 1.82) is 5.41 Å². The lowest BCUT2D eigenvalue weighted by Gasteiger charge is -2.36. The summed E-state index contributed by atoms with van der Waals surface area (Å²) in [7, 11) is 0. The molecular formula is C22H32Cl2F2N6O2. The van der Waals surface area contributed by atoms with Crippen LogP contribution in [-0.4, -0.2) is 72.0 Å². The van der Waals surface area contributed by atoms with Gasteiger partial charge in [-0.1, -0.05) is 23.2 Å². The Labute approximate surface area is 209 Å². The number of phenols is 1. The van der Waals surface area contributed by atoms with E-state index in [-0.39, 0.29) is 18.2 Å². The largest absolute Gasteiger partial charge is 0.506 e. The Bertz CT molecular complexity index is 837. The molecule has 1 aromatic heterocycles. The maximum Gasteiger partial charge on any atom is 0.241 e. The number of nitrogens with one attached hydrogen (secondary N) is 3. The van der Waals surface area contributed by atoms with E-state index in [0.717, 1.165) is 31.4 Å². The van der Waals surface area contributed by atoms with Gasteiger partial charge in [0.25, 0.3) is 0 Å². The van der Waals surface area contributed by atoms with Crippen LogP contribution in [0.15, 0.2) is 47.4 Å². The Morgan fingerprint density at radius 2 is 1.88 bits per heavy atom. The highest BCUT2D eigenvalue weighted by molar-refractivity contribution is 6.32. The number of hydrogen-bond donors (Lipinski definition) is 4. The molecule has 3 rings (SSSR count). The van der Waals surface area contributed by atoms with Gasteiger partial charge in [-0.3, -0.25) is 9.89 Å². The molecular weight excluding hydrogens is 489 g/mol. The molecule has 34 heavy (non-hydrogen) atoms. The fourth-order valence-corrected chi connectivity index (χ4v) is 2.75. The van der Waals surface area contributed by atoms with E-state index in [1.807, 2.05) is 24.0 Å². The normalized spacial score (nSPS) is 13.3. The number of alkyl halides is 2. The number of rotatable bonds is 4. The van der Waals surface area contributed by atoms with Gasteiger partial charge >= 0.3 is 0 Å². The van der Waals surface area contributed by atoms with Crippen molar-refractivity contribution < 1.29 is 18.7 Å². The lowest BCUT2D eigenvalue weighted by atomic mass is 10.2. The first kappa shape index (κ1) is 31.1. The summed E-state index contributed by atoms with van der Waals surface area (Å²) in [6.45, 7) is 9.94. The molecule has 8 nitrogen and oxygen atoms in total.